The number of alkyl halides is 1. The van der Waals surface area contributed by atoms with Gasteiger partial charge in [-0.05, 0) is 31.0 Å². The standard InChI is InChI=1S/C18H17BrN2O/c1-11-9-14(12(2)19)16-15(10-11)18(22)21(3)17(20-16)13-7-5-4-6-8-13/h4-10,12H,1-3H3. The van der Waals surface area contributed by atoms with Gasteiger partial charge in [-0.1, -0.05) is 52.3 Å². The van der Waals surface area contributed by atoms with E-state index in [1.54, 1.807) is 11.6 Å². The molecule has 0 aliphatic rings. The van der Waals surface area contributed by atoms with Gasteiger partial charge in [0.15, 0.2) is 0 Å². The molecule has 3 aromatic rings. The Labute approximate surface area is 137 Å². The molecule has 112 valence electrons. The first-order valence-electron chi connectivity index (χ1n) is 7.20. The Bertz CT molecular complexity index is 898. The van der Waals surface area contributed by atoms with Crippen LogP contribution >= 0.6 is 15.9 Å². The lowest BCUT2D eigenvalue weighted by molar-refractivity contribution is 0.854. The van der Waals surface area contributed by atoms with Crippen molar-refractivity contribution < 1.29 is 0 Å². The van der Waals surface area contributed by atoms with Gasteiger partial charge >= 0.3 is 0 Å². The van der Waals surface area contributed by atoms with Crippen molar-refractivity contribution in [2.24, 2.45) is 7.05 Å². The molecule has 0 saturated carbocycles. The second kappa shape index (κ2) is 5.69. The van der Waals surface area contributed by atoms with Crippen molar-refractivity contribution in [3.05, 3.63) is 63.9 Å². The molecule has 0 radical (unpaired) electrons. The Morgan fingerprint density at radius 2 is 1.86 bits per heavy atom. The molecule has 2 aromatic carbocycles. The normalized spacial score (nSPS) is 12.5. The minimum Gasteiger partial charge on any atom is -0.295 e. The van der Waals surface area contributed by atoms with Crippen LogP contribution in [-0.4, -0.2) is 9.55 Å². The summed E-state index contributed by atoms with van der Waals surface area (Å²) in [6.07, 6.45) is 0. The number of hydrogen-bond donors (Lipinski definition) is 0. The van der Waals surface area contributed by atoms with E-state index in [1.807, 2.05) is 43.3 Å². The average Bonchev–Trinajstić information content (AvgIpc) is 2.51. The third kappa shape index (κ3) is 2.48. The SMILES string of the molecule is Cc1cc(C(C)Br)c2nc(-c3ccccc3)n(C)c(=O)c2c1. The molecule has 0 saturated heterocycles. The van der Waals surface area contributed by atoms with Gasteiger partial charge in [0.1, 0.15) is 5.82 Å². The van der Waals surface area contributed by atoms with Gasteiger partial charge < -0.3 is 0 Å². The third-order valence-corrected chi connectivity index (χ3v) is 4.31. The molecule has 0 aliphatic heterocycles. The smallest absolute Gasteiger partial charge is 0.261 e. The molecule has 0 aliphatic carbocycles. The second-order valence-electron chi connectivity index (χ2n) is 5.53. The fourth-order valence-electron chi connectivity index (χ4n) is 2.70. The summed E-state index contributed by atoms with van der Waals surface area (Å²) in [7, 11) is 1.77. The van der Waals surface area contributed by atoms with Crippen LogP contribution in [0.25, 0.3) is 22.3 Å². The van der Waals surface area contributed by atoms with E-state index in [4.69, 9.17) is 4.98 Å². The van der Waals surface area contributed by atoms with Crippen molar-refractivity contribution in [2.45, 2.75) is 18.7 Å². The fourth-order valence-corrected chi connectivity index (χ4v) is 3.05. The number of rotatable bonds is 2. The fraction of sp³-hybridized carbons (Fsp3) is 0.222. The van der Waals surface area contributed by atoms with Crippen LogP contribution in [0.15, 0.2) is 47.3 Å². The summed E-state index contributed by atoms with van der Waals surface area (Å²) < 4.78 is 1.62. The zero-order valence-corrected chi connectivity index (χ0v) is 14.4. The van der Waals surface area contributed by atoms with Gasteiger partial charge in [0.25, 0.3) is 5.56 Å². The lowest BCUT2D eigenvalue weighted by Crippen LogP contribution is -2.21. The van der Waals surface area contributed by atoms with E-state index >= 15 is 0 Å². The van der Waals surface area contributed by atoms with E-state index in [-0.39, 0.29) is 10.4 Å². The topological polar surface area (TPSA) is 34.9 Å². The van der Waals surface area contributed by atoms with Crippen LogP contribution < -0.4 is 5.56 Å². The molecule has 3 rings (SSSR count). The van der Waals surface area contributed by atoms with Gasteiger partial charge in [-0.15, -0.1) is 0 Å². The van der Waals surface area contributed by atoms with Crippen molar-refractivity contribution in [1.82, 2.24) is 9.55 Å². The maximum Gasteiger partial charge on any atom is 0.261 e. The number of hydrogen-bond acceptors (Lipinski definition) is 2. The highest BCUT2D eigenvalue weighted by Crippen LogP contribution is 2.29. The number of fused-ring (bicyclic) bond motifs is 1. The Hall–Kier alpha value is -1.94. The molecule has 1 heterocycles. The predicted molar refractivity (Wildman–Crippen MR) is 94.5 cm³/mol. The highest BCUT2D eigenvalue weighted by Gasteiger charge is 2.15. The summed E-state index contributed by atoms with van der Waals surface area (Å²) in [5, 5.41) is 0.670. The summed E-state index contributed by atoms with van der Waals surface area (Å²) in [6, 6.07) is 13.8. The van der Waals surface area contributed by atoms with Crippen molar-refractivity contribution in [2.75, 3.05) is 0 Å². The van der Waals surface area contributed by atoms with E-state index in [2.05, 4.69) is 28.9 Å². The molecule has 0 amide bonds. The number of halogens is 1. The number of aromatic nitrogens is 2. The molecule has 0 bridgehead atoms. The maximum atomic E-state index is 12.8. The highest BCUT2D eigenvalue weighted by molar-refractivity contribution is 9.09. The zero-order chi connectivity index (χ0) is 15.9. The van der Waals surface area contributed by atoms with Crippen LogP contribution in [-0.2, 0) is 7.05 Å². The first kappa shape index (κ1) is 15.0. The summed E-state index contributed by atoms with van der Waals surface area (Å²) in [4.78, 5) is 17.7. The molecule has 1 atom stereocenters. The molecule has 1 aromatic heterocycles. The van der Waals surface area contributed by atoms with E-state index in [0.717, 1.165) is 22.2 Å². The Morgan fingerprint density at radius 3 is 2.50 bits per heavy atom. The highest BCUT2D eigenvalue weighted by atomic mass is 79.9. The minimum absolute atomic E-state index is 0.0121. The monoisotopic (exact) mass is 356 g/mol. The van der Waals surface area contributed by atoms with Gasteiger partial charge in [0.05, 0.1) is 10.9 Å². The summed E-state index contributed by atoms with van der Waals surface area (Å²) in [5.41, 5.74) is 3.82. The molecular weight excluding hydrogens is 340 g/mol. The van der Waals surface area contributed by atoms with E-state index in [9.17, 15) is 4.79 Å². The summed E-state index contributed by atoms with van der Waals surface area (Å²) in [6.45, 7) is 4.05. The average molecular weight is 357 g/mol. The van der Waals surface area contributed by atoms with Crippen LogP contribution in [0.2, 0.25) is 0 Å². The first-order valence-corrected chi connectivity index (χ1v) is 8.11. The van der Waals surface area contributed by atoms with E-state index in [1.165, 1.54) is 0 Å². The van der Waals surface area contributed by atoms with Crippen molar-refractivity contribution >= 4 is 26.8 Å². The maximum absolute atomic E-state index is 12.8. The molecular formula is C18H17BrN2O. The number of aryl methyl sites for hydroxylation is 1. The van der Waals surface area contributed by atoms with Crippen LogP contribution in [0.3, 0.4) is 0 Å². The van der Waals surface area contributed by atoms with Crippen LogP contribution in [0, 0.1) is 6.92 Å². The van der Waals surface area contributed by atoms with Gasteiger partial charge in [0.2, 0.25) is 0 Å². The number of benzene rings is 2. The van der Waals surface area contributed by atoms with E-state index < -0.39 is 0 Å². The molecule has 22 heavy (non-hydrogen) atoms. The second-order valence-corrected chi connectivity index (χ2v) is 6.91. The minimum atomic E-state index is -0.0121. The van der Waals surface area contributed by atoms with Gasteiger partial charge in [-0.2, -0.15) is 0 Å². The lowest BCUT2D eigenvalue weighted by atomic mass is 10.0. The predicted octanol–water partition coefficient (Wildman–Crippen LogP) is 4.36. The van der Waals surface area contributed by atoms with Crippen molar-refractivity contribution in [3.8, 4) is 11.4 Å². The van der Waals surface area contributed by atoms with Crippen molar-refractivity contribution in [1.29, 1.82) is 0 Å². The summed E-state index contributed by atoms with van der Waals surface area (Å²) in [5.74, 6) is 0.691. The first-order chi connectivity index (χ1) is 10.5. The molecule has 0 fully saturated rings. The quantitative estimate of drug-likeness (QED) is 0.639. The molecule has 4 heteroatoms. The van der Waals surface area contributed by atoms with Crippen LogP contribution in [0.1, 0.15) is 22.9 Å². The van der Waals surface area contributed by atoms with Crippen molar-refractivity contribution in [3.63, 3.8) is 0 Å². The Morgan fingerprint density at radius 1 is 1.18 bits per heavy atom. The molecule has 0 spiro atoms. The lowest BCUT2D eigenvalue weighted by Gasteiger charge is -2.14. The molecule has 1 unspecified atom stereocenters. The third-order valence-electron chi connectivity index (χ3n) is 3.81. The molecule has 3 nitrogen and oxygen atoms in total. The number of nitrogens with zero attached hydrogens (tertiary/aromatic N) is 2. The largest absolute Gasteiger partial charge is 0.295 e. The Kier molecular flexibility index (Phi) is 3.87. The van der Waals surface area contributed by atoms with Gasteiger partial charge in [-0.25, -0.2) is 4.98 Å². The van der Waals surface area contributed by atoms with Gasteiger partial charge in [-0.3, -0.25) is 9.36 Å². The van der Waals surface area contributed by atoms with Crippen LogP contribution in [0.5, 0.6) is 0 Å². The molecule has 0 N–H and O–H groups in total. The summed E-state index contributed by atoms with van der Waals surface area (Å²) >= 11 is 3.61. The Balaban J connectivity index is 2.43. The van der Waals surface area contributed by atoms with Gasteiger partial charge in [0, 0.05) is 17.4 Å². The zero-order valence-electron chi connectivity index (χ0n) is 12.8. The van der Waals surface area contributed by atoms with Crippen LogP contribution in [0.4, 0.5) is 0 Å². The van der Waals surface area contributed by atoms with E-state index in [0.29, 0.717) is 11.2 Å².